The first-order valence-corrected chi connectivity index (χ1v) is 26.3. The number of alkyl carbamates (subject to hydrolysis) is 3. The van der Waals surface area contributed by atoms with Gasteiger partial charge in [-0.1, -0.05) is 77.9 Å². The first-order chi connectivity index (χ1) is 39.4. The maximum absolute atomic E-state index is 13.6. The van der Waals surface area contributed by atoms with E-state index in [1.54, 1.807) is 48.5 Å². The van der Waals surface area contributed by atoms with Crippen molar-refractivity contribution in [1.29, 1.82) is 0 Å². The maximum Gasteiger partial charge on any atom is 0.408 e. The Morgan fingerprint density at radius 1 is 0.530 bits per heavy atom. The van der Waals surface area contributed by atoms with Gasteiger partial charge >= 0.3 is 47.3 Å². The van der Waals surface area contributed by atoms with Gasteiger partial charge in [0.05, 0.1) is 6.61 Å². The number of fused-ring (bicyclic) bond motifs is 2. The summed E-state index contributed by atoms with van der Waals surface area (Å²) >= 11 is 0. The second-order valence-electron chi connectivity index (χ2n) is 21.0. The minimum atomic E-state index is -1.31. The number of nitrogens with zero attached hydrogens (tertiary/aromatic N) is 9. The number of amides is 3. The number of carbonyl (C=O) groups is 5. The van der Waals surface area contributed by atoms with Gasteiger partial charge in [0, 0.05) is 31.1 Å². The molecule has 0 radical (unpaired) electrons. The molecule has 3 heterocycles. The zero-order chi connectivity index (χ0) is 60.2. The number of rotatable bonds is 23. The molecule has 1 atom stereocenters. The highest BCUT2D eigenvalue weighted by Gasteiger charge is 2.26. The molecular weight excluding hydrogens is 1080 g/mol. The fraction of sp³-hybridized carbons (Fsp3) is 0.418. The average molecular weight is 1150 g/mol. The van der Waals surface area contributed by atoms with Gasteiger partial charge in [-0.2, -0.15) is 0 Å². The Morgan fingerprint density at radius 3 is 1.20 bits per heavy atom. The highest BCUT2D eigenvalue weighted by atomic mass is 16.6. The van der Waals surface area contributed by atoms with Crippen molar-refractivity contribution in [3.63, 3.8) is 0 Å². The van der Waals surface area contributed by atoms with Crippen molar-refractivity contribution in [1.82, 2.24) is 59.6 Å². The van der Waals surface area contributed by atoms with Crippen molar-refractivity contribution in [3.8, 4) is 22.9 Å². The number of esters is 2. The number of aromatic nitrogens is 9. The van der Waals surface area contributed by atoms with Gasteiger partial charge in [-0.15, -0.1) is 30.0 Å². The van der Waals surface area contributed by atoms with E-state index >= 15 is 0 Å². The number of hydrogen-bond donors (Lipinski definition) is 5. The third-order valence-corrected chi connectivity index (χ3v) is 12.6. The summed E-state index contributed by atoms with van der Waals surface area (Å²) in [5.41, 5.74) is 0.897. The van der Waals surface area contributed by atoms with E-state index in [9.17, 15) is 48.6 Å². The number of benzene rings is 4. The quantitative estimate of drug-likeness (QED) is 0.0342. The van der Waals surface area contributed by atoms with E-state index in [-0.39, 0.29) is 57.0 Å². The van der Waals surface area contributed by atoms with Crippen molar-refractivity contribution < 1.29 is 62.6 Å². The molecule has 7 rings (SSSR count). The number of aryl methyl sites for hydroxylation is 2. The standard InChI is InChI=1S/C55H66N12O16/c1-33(29-78-8)83-50(74)58-32-65-52(76)63(30-56-48(72)81-23-21-79-44(68)19-17-34-25-36(54(2,3)4)46(70)42(27-34)66-59-38-13-9-10-14-39(38)60-66)51(75)64(53(65)77)31-57-49(73)82-24-22-80-45(69)20-18-35-26-37(55(5,6)7)47(71)43(28-35)67-61-40-15-11-12-16-41(40)62-67/h9-16,25-28,33,70-71H,17-24,29-32H2,1-8H3,(H,56,72)(H,57,73)(H,58,74). The molecule has 5 N–H and O–H groups in total. The number of nitrogens with one attached hydrogen (secondary N) is 3. The fourth-order valence-corrected chi connectivity index (χ4v) is 8.36. The topological polar surface area (TPSA) is 345 Å². The van der Waals surface area contributed by atoms with Crippen LogP contribution in [0.4, 0.5) is 14.4 Å². The van der Waals surface area contributed by atoms with Gasteiger partial charge < -0.3 is 54.6 Å². The van der Waals surface area contributed by atoms with Crippen LogP contribution in [-0.4, -0.2) is 130 Å². The minimum absolute atomic E-state index is 0.00500. The molecule has 7 aromatic rings. The molecule has 3 amide bonds. The van der Waals surface area contributed by atoms with Gasteiger partial charge in [-0.3, -0.25) is 9.59 Å². The van der Waals surface area contributed by atoms with E-state index in [1.165, 1.54) is 23.6 Å². The van der Waals surface area contributed by atoms with E-state index in [0.717, 1.165) is 0 Å². The lowest BCUT2D eigenvalue weighted by molar-refractivity contribution is -0.145. The van der Waals surface area contributed by atoms with E-state index in [2.05, 4.69) is 36.3 Å². The molecule has 0 aliphatic carbocycles. The number of carbonyl (C=O) groups excluding carboxylic acids is 5. The predicted octanol–water partition coefficient (Wildman–Crippen LogP) is 4.08. The summed E-state index contributed by atoms with van der Waals surface area (Å²) in [5, 5.41) is 47.1. The summed E-state index contributed by atoms with van der Waals surface area (Å²) in [6.07, 6.45) is -3.88. The summed E-state index contributed by atoms with van der Waals surface area (Å²) in [6, 6.07) is 21.4. The average Bonchev–Trinajstić information content (AvgIpc) is 3.40. The van der Waals surface area contributed by atoms with Crippen molar-refractivity contribution in [2.75, 3.05) is 40.1 Å². The van der Waals surface area contributed by atoms with Crippen molar-refractivity contribution in [2.45, 2.75) is 111 Å². The lowest BCUT2D eigenvalue weighted by Crippen LogP contribution is -2.58. The van der Waals surface area contributed by atoms with E-state index in [4.69, 9.17) is 28.4 Å². The summed E-state index contributed by atoms with van der Waals surface area (Å²) in [6.45, 7) is 8.87. The van der Waals surface area contributed by atoms with Crippen molar-refractivity contribution >= 4 is 52.3 Å². The molecule has 0 spiro atoms. The third kappa shape index (κ3) is 15.9. The molecule has 0 bridgehead atoms. The lowest BCUT2D eigenvalue weighted by Gasteiger charge is -2.23. The summed E-state index contributed by atoms with van der Waals surface area (Å²) in [7, 11) is 1.38. The van der Waals surface area contributed by atoms with Gasteiger partial charge in [0.2, 0.25) is 0 Å². The van der Waals surface area contributed by atoms with Gasteiger partial charge in [-0.25, -0.2) is 42.5 Å². The number of phenols is 2. The number of ether oxygens (including phenoxy) is 6. The highest BCUT2D eigenvalue weighted by molar-refractivity contribution is 5.75. The van der Waals surface area contributed by atoms with Crippen LogP contribution in [0.1, 0.15) is 83.6 Å². The molecule has 0 fully saturated rings. The molecular formula is C55H66N12O16. The Kier molecular flexibility index (Phi) is 19.7. The van der Waals surface area contributed by atoms with Gasteiger partial charge in [-0.05, 0) is 78.1 Å². The minimum Gasteiger partial charge on any atom is -0.505 e. The van der Waals surface area contributed by atoms with Crippen LogP contribution in [0.25, 0.3) is 33.4 Å². The van der Waals surface area contributed by atoms with E-state index in [0.29, 0.717) is 69.4 Å². The Hall–Kier alpha value is -9.60. The van der Waals surface area contributed by atoms with Crippen LogP contribution in [0.15, 0.2) is 87.2 Å². The van der Waals surface area contributed by atoms with Crippen LogP contribution in [-0.2, 0) is 81.7 Å². The number of methoxy groups -OCH3 is 1. The molecule has 0 aliphatic heterocycles. The monoisotopic (exact) mass is 1150 g/mol. The smallest absolute Gasteiger partial charge is 0.408 e. The Bertz CT molecular complexity index is 3410. The molecule has 0 saturated carbocycles. The van der Waals surface area contributed by atoms with Crippen LogP contribution < -0.4 is 33.0 Å². The zero-order valence-electron chi connectivity index (χ0n) is 47.1. The molecule has 4 aromatic carbocycles. The Balaban J connectivity index is 0.909. The summed E-state index contributed by atoms with van der Waals surface area (Å²) in [5.74, 6) is -1.28. The number of aromatic hydroxyl groups is 2. The van der Waals surface area contributed by atoms with Gasteiger partial charge in [0.1, 0.15) is 97.5 Å². The van der Waals surface area contributed by atoms with E-state index in [1.807, 2.05) is 65.8 Å². The Morgan fingerprint density at radius 2 is 0.867 bits per heavy atom. The zero-order valence-corrected chi connectivity index (χ0v) is 47.1. The number of phenolic OH excluding ortho intramolecular Hbond substituents is 2. The largest absolute Gasteiger partial charge is 0.505 e. The van der Waals surface area contributed by atoms with Gasteiger partial charge in [0.25, 0.3) is 0 Å². The normalized spacial score (nSPS) is 12.0. The molecule has 28 heteroatoms. The molecule has 0 saturated heterocycles. The second-order valence-corrected chi connectivity index (χ2v) is 21.0. The van der Waals surface area contributed by atoms with Crippen LogP contribution in [0.3, 0.4) is 0 Å². The van der Waals surface area contributed by atoms with Gasteiger partial charge in [0.15, 0.2) is 0 Å². The SMILES string of the molecule is COCC(C)OC(=O)NCn1c(=O)n(CNC(=O)OCCOC(=O)CCc2cc(-n3nc4ccccc4n3)c(O)c(C(C)(C)C)c2)c(=O)n(CNC(=O)OCCOC(=O)CCc2cc(-n3nc4ccccc4n3)c(O)c(C(C)(C)C)c2)c1=O. The van der Waals surface area contributed by atoms with Crippen LogP contribution in [0.5, 0.6) is 11.5 Å². The fourth-order valence-electron chi connectivity index (χ4n) is 8.36. The van der Waals surface area contributed by atoms with Crippen molar-refractivity contribution in [3.05, 3.63) is 127 Å². The maximum atomic E-state index is 13.6. The van der Waals surface area contributed by atoms with Crippen molar-refractivity contribution in [2.24, 2.45) is 0 Å². The molecule has 0 aliphatic rings. The first-order valence-electron chi connectivity index (χ1n) is 26.3. The third-order valence-electron chi connectivity index (χ3n) is 12.6. The first kappa shape index (κ1) is 61.0. The molecule has 442 valence electrons. The van der Waals surface area contributed by atoms with E-state index < -0.39 is 97.4 Å². The van der Waals surface area contributed by atoms with Crippen LogP contribution in [0.2, 0.25) is 0 Å². The molecule has 28 nitrogen and oxygen atoms in total. The molecule has 1 unspecified atom stereocenters. The highest BCUT2D eigenvalue weighted by Crippen LogP contribution is 2.38. The predicted molar refractivity (Wildman–Crippen MR) is 296 cm³/mol. The van der Waals surface area contributed by atoms with Crippen LogP contribution in [0, 0.1) is 0 Å². The van der Waals surface area contributed by atoms with Crippen LogP contribution >= 0.6 is 0 Å². The summed E-state index contributed by atoms with van der Waals surface area (Å²) in [4.78, 5) is 107. The molecule has 83 heavy (non-hydrogen) atoms. The molecule has 3 aromatic heterocycles. The summed E-state index contributed by atoms with van der Waals surface area (Å²) < 4.78 is 32.0. The Labute approximate surface area is 473 Å². The second kappa shape index (κ2) is 26.8. The lowest BCUT2D eigenvalue weighted by atomic mass is 9.84. The number of hydrogen-bond acceptors (Lipinski definition) is 20.